The number of pyridine rings is 2. The predicted molar refractivity (Wildman–Crippen MR) is 268 cm³/mol. The van der Waals surface area contributed by atoms with Crippen molar-refractivity contribution in [2.75, 3.05) is 26.2 Å². The lowest BCUT2D eigenvalue weighted by Crippen LogP contribution is -2.54. The number of benzene rings is 2. The Balaban J connectivity index is 0.990. The van der Waals surface area contributed by atoms with Crippen LogP contribution < -0.4 is 32.6 Å². The molecular formula is C53H56FN9O14. The number of aliphatic hydroxyl groups is 1. The van der Waals surface area contributed by atoms with Gasteiger partial charge in [-0.1, -0.05) is 43.7 Å². The molecule has 404 valence electrons. The molecule has 0 saturated heterocycles. The summed E-state index contributed by atoms with van der Waals surface area (Å²) >= 11 is 0. The normalized spacial score (nSPS) is 17.6. The summed E-state index contributed by atoms with van der Waals surface area (Å²) in [6.07, 6.45) is 2.63. The van der Waals surface area contributed by atoms with Gasteiger partial charge in [-0.25, -0.2) is 14.2 Å². The molecule has 0 saturated carbocycles. The molecule has 4 aromatic rings. The first-order chi connectivity index (χ1) is 36.7. The van der Waals surface area contributed by atoms with E-state index in [-0.39, 0.29) is 73.2 Å². The number of unbranched alkanes of at least 4 members (excludes halogenated alkanes) is 2. The number of carbonyl (C=O) groups excluding carboxylic acids is 9. The fourth-order valence-electron chi connectivity index (χ4n) is 10.4. The number of aliphatic carboxylic acids is 1. The average molecular weight is 1060 g/mol. The number of aryl methyl sites for hydroxylation is 1. The first kappa shape index (κ1) is 54.6. The maximum Gasteiger partial charge on any atom is 0.343 e. The largest absolute Gasteiger partial charge is 0.481 e. The van der Waals surface area contributed by atoms with Crippen LogP contribution in [-0.4, -0.2) is 127 Å². The van der Waals surface area contributed by atoms with Crippen molar-refractivity contribution in [3.63, 3.8) is 0 Å². The molecule has 3 aliphatic heterocycles. The molecule has 4 atom stereocenters. The van der Waals surface area contributed by atoms with Gasteiger partial charge in [0.05, 0.1) is 61.1 Å². The van der Waals surface area contributed by atoms with E-state index in [0.29, 0.717) is 52.5 Å². The molecule has 5 heterocycles. The van der Waals surface area contributed by atoms with Crippen LogP contribution in [0.2, 0.25) is 0 Å². The molecule has 2 aromatic heterocycles. The van der Waals surface area contributed by atoms with Crippen LogP contribution in [-0.2, 0) is 84.3 Å². The average Bonchev–Trinajstić information content (AvgIpc) is 3.95. The number of imide groups is 1. The van der Waals surface area contributed by atoms with Gasteiger partial charge in [0, 0.05) is 54.1 Å². The Hall–Kier alpha value is -8.67. The van der Waals surface area contributed by atoms with Gasteiger partial charge in [-0.2, -0.15) is 0 Å². The number of primary amides is 1. The second-order valence-corrected chi connectivity index (χ2v) is 19.3. The van der Waals surface area contributed by atoms with Crippen LogP contribution in [0.15, 0.2) is 59.4 Å². The van der Waals surface area contributed by atoms with E-state index in [1.165, 1.54) is 21.6 Å². The van der Waals surface area contributed by atoms with Crippen molar-refractivity contribution in [2.24, 2.45) is 5.73 Å². The number of nitrogens with two attached hydrogens (primary N) is 1. The van der Waals surface area contributed by atoms with Crippen molar-refractivity contribution in [1.29, 1.82) is 0 Å². The Morgan fingerprint density at radius 3 is 2.30 bits per heavy atom. The van der Waals surface area contributed by atoms with Crippen molar-refractivity contribution < 1.29 is 67.3 Å². The zero-order chi connectivity index (χ0) is 55.5. The van der Waals surface area contributed by atoms with E-state index < -0.39 is 127 Å². The van der Waals surface area contributed by atoms with Crippen LogP contribution in [0.3, 0.4) is 0 Å². The number of rotatable bonds is 22. The highest BCUT2D eigenvalue weighted by Gasteiger charge is 2.47. The summed E-state index contributed by atoms with van der Waals surface area (Å²) < 4.78 is 22.4. The molecule has 8 N–H and O–H groups in total. The molecular weight excluding hydrogens is 1010 g/mol. The summed E-state index contributed by atoms with van der Waals surface area (Å²) in [6.45, 7) is 0.691. The van der Waals surface area contributed by atoms with Gasteiger partial charge in [-0.05, 0) is 67.3 Å². The zero-order valence-corrected chi connectivity index (χ0v) is 42.1. The molecule has 23 nitrogen and oxygen atoms in total. The number of cyclic esters (lactones) is 1. The zero-order valence-electron chi connectivity index (χ0n) is 42.1. The summed E-state index contributed by atoms with van der Waals surface area (Å²) in [6, 6.07) is 7.35. The SMILES string of the molecule is CC[C@@]1(O)C(=O)OCc2c1cc1n(c2=O)Cc2c-1nc1cc(F)c(C)c3c1c2[C@@H](N(CC(N)=O)C(=O)[C@H](Cc1ccccc1)NC(=O)CNC(=O)CNC(=O)[C@H](CC(=O)O)NC(=O)CCCCCN1C(=O)C=CC1=O)CC3. The first-order valence-electron chi connectivity index (χ1n) is 25.0. The highest BCUT2D eigenvalue weighted by atomic mass is 19.1. The van der Waals surface area contributed by atoms with E-state index in [9.17, 15) is 58.2 Å². The van der Waals surface area contributed by atoms with E-state index in [0.717, 1.165) is 17.1 Å². The Kier molecular flexibility index (Phi) is 16.1. The number of halogens is 1. The maximum atomic E-state index is 15.7. The minimum atomic E-state index is -2.14. The molecule has 0 spiro atoms. The second-order valence-electron chi connectivity index (χ2n) is 19.3. The third kappa shape index (κ3) is 11.3. The van der Waals surface area contributed by atoms with Gasteiger partial charge in [-0.3, -0.25) is 52.8 Å². The summed E-state index contributed by atoms with van der Waals surface area (Å²) in [4.78, 5) is 150. The fraction of sp³-hybridized carbons (Fsp3) is 0.396. The van der Waals surface area contributed by atoms with E-state index in [2.05, 4.69) is 21.3 Å². The molecule has 77 heavy (non-hydrogen) atoms. The molecule has 0 radical (unpaired) electrons. The minimum Gasteiger partial charge on any atom is -0.481 e. The lowest BCUT2D eigenvalue weighted by Gasteiger charge is -2.38. The van der Waals surface area contributed by atoms with E-state index >= 15 is 9.18 Å². The van der Waals surface area contributed by atoms with Crippen molar-refractivity contribution >= 4 is 70.1 Å². The van der Waals surface area contributed by atoms with Gasteiger partial charge in [0.25, 0.3) is 17.4 Å². The van der Waals surface area contributed by atoms with Gasteiger partial charge in [0.1, 0.15) is 24.5 Å². The van der Waals surface area contributed by atoms with Gasteiger partial charge < -0.3 is 51.4 Å². The maximum absolute atomic E-state index is 15.7. The van der Waals surface area contributed by atoms with Gasteiger partial charge in [0.15, 0.2) is 5.60 Å². The van der Waals surface area contributed by atoms with Crippen LogP contribution in [0.1, 0.15) is 96.9 Å². The van der Waals surface area contributed by atoms with Gasteiger partial charge in [0.2, 0.25) is 35.4 Å². The lowest BCUT2D eigenvalue weighted by atomic mass is 9.80. The van der Waals surface area contributed by atoms with Crippen LogP contribution in [0.4, 0.5) is 4.39 Å². The molecule has 4 aliphatic rings. The third-order valence-electron chi connectivity index (χ3n) is 14.3. The topological polar surface area (TPSA) is 336 Å². The molecule has 8 rings (SSSR count). The molecule has 1 aliphatic carbocycles. The van der Waals surface area contributed by atoms with E-state index in [1.807, 2.05) is 0 Å². The molecule has 2 aromatic carbocycles. The van der Waals surface area contributed by atoms with E-state index in [1.54, 1.807) is 44.2 Å². The number of hydrogen-bond donors (Lipinski definition) is 7. The number of carbonyl (C=O) groups is 10. The highest BCUT2D eigenvalue weighted by Crippen LogP contribution is 2.47. The number of carboxylic acids is 1. The number of nitrogens with zero attached hydrogens (tertiary/aromatic N) is 4. The van der Waals surface area contributed by atoms with Crippen molar-refractivity contribution in [3.8, 4) is 11.4 Å². The van der Waals surface area contributed by atoms with Gasteiger partial charge in [-0.15, -0.1) is 0 Å². The van der Waals surface area contributed by atoms with Crippen LogP contribution in [0, 0.1) is 12.7 Å². The second kappa shape index (κ2) is 22.7. The summed E-state index contributed by atoms with van der Waals surface area (Å²) in [5.74, 6) is -8.89. The van der Waals surface area contributed by atoms with Crippen LogP contribution in [0.25, 0.3) is 22.3 Å². The number of aromatic nitrogens is 2. The lowest BCUT2D eigenvalue weighted by molar-refractivity contribution is -0.172. The number of hydrogen-bond acceptors (Lipinski definition) is 14. The summed E-state index contributed by atoms with van der Waals surface area (Å²) in [5, 5.41) is 31.0. The molecule has 0 unspecified atom stereocenters. The highest BCUT2D eigenvalue weighted by molar-refractivity contribution is 6.12. The number of ether oxygens (including phenoxy) is 1. The number of nitrogens with one attached hydrogen (secondary N) is 4. The van der Waals surface area contributed by atoms with Crippen molar-refractivity contribution in [1.82, 2.24) is 40.6 Å². The van der Waals surface area contributed by atoms with Gasteiger partial charge >= 0.3 is 11.9 Å². The minimum absolute atomic E-state index is 0.0489. The van der Waals surface area contributed by atoms with Crippen LogP contribution >= 0.6 is 0 Å². The summed E-state index contributed by atoms with van der Waals surface area (Å²) in [5.41, 5.74) is 6.29. The standard InChI is InChI=1S/C53H56FN9O14/c1-3-53(76)32-19-38-48-30(24-62(38)50(73)31(32)26-77-52(53)75)47-37(14-13-29-27(2)33(54)20-34(60-48)46(29)47)63(25-39(55)64)51(74)36(18-28-10-6-4-7-11-28)59-42(67)23-56-41(66)22-57-49(72)35(21-45(70)71)58-40(65)12-8-5-9-17-61-43(68)15-16-44(61)69/h4,6-7,10-11,15-16,19-20,35-37,76H,3,5,8-9,12-14,17-18,21-26H2,1-2H3,(H2,55,64)(H,56,66)(H,57,72)(H,58,65)(H,59,67)(H,70,71)/t35-,36-,37-,53-/m0/s1. The third-order valence-corrected chi connectivity index (χ3v) is 14.3. The molecule has 0 bridgehead atoms. The van der Waals surface area contributed by atoms with E-state index in [4.69, 9.17) is 15.5 Å². The number of carboxylic acid groups (broad SMARTS) is 1. The Morgan fingerprint density at radius 1 is 0.909 bits per heavy atom. The summed E-state index contributed by atoms with van der Waals surface area (Å²) in [7, 11) is 0. The van der Waals surface area contributed by atoms with Crippen LogP contribution in [0.5, 0.6) is 0 Å². The molecule has 24 heteroatoms. The Labute approximate surface area is 438 Å². The number of esters is 1. The Bertz CT molecular complexity index is 3230. The Morgan fingerprint density at radius 2 is 1.61 bits per heavy atom. The predicted octanol–water partition coefficient (Wildman–Crippen LogP) is 0.233. The van der Waals surface area contributed by atoms with Crippen molar-refractivity contribution in [2.45, 2.75) is 109 Å². The number of fused-ring (bicyclic) bond motifs is 5. The first-order valence-corrected chi connectivity index (χ1v) is 25.0. The molecule has 8 amide bonds. The number of amides is 8. The quantitative estimate of drug-likeness (QED) is 0.0277. The smallest absolute Gasteiger partial charge is 0.343 e. The molecule has 0 fully saturated rings. The monoisotopic (exact) mass is 1060 g/mol. The fourth-order valence-corrected chi connectivity index (χ4v) is 10.4. The van der Waals surface area contributed by atoms with Crippen molar-refractivity contribution in [3.05, 3.63) is 110 Å².